The van der Waals surface area contributed by atoms with E-state index in [0.29, 0.717) is 11.8 Å². The van der Waals surface area contributed by atoms with Gasteiger partial charge in [0.15, 0.2) is 0 Å². The molecule has 0 amide bonds. The minimum Gasteiger partial charge on any atom is -0.480 e. The van der Waals surface area contributed by atoms with Crippen molar-refractivity contribution in [3.8, 4) is 0 Å². The van der Waals surface area contributed by atoms with E-state index in [1.807, 2.05) is 24.3 Å². The van der Waals surface area contributed by atoms with Crippen LogP contribution in [-0.4, -0.2) is 11.1 Å². The zero-order valence-electron chi connectivity index (χ0n) is 14.8. The molecule has 0 saturated heterocycles. The number of rotatable bonds is 9. The lowest BCUT2D eigenvalue weighted by molar-refractivity contribution is -0.145. The van der Waals surface area contributed by atoms with Gasteiger partial charge in [-0.2, -0.15) is 0 Å². The smallest absolute Gasteiger partial charge is 0.318 e. The number of aliphatic carboxylic acids is 1. The number of hydrogen-bond donors (Lipinski definition) is 1. The number of fused-ring (bicyclic) bond motifs is 2. The Labute approximate surface area is 146 Å². The van der Waals surface area contributed by atoms with E-state index in [2.05, 4.69) is 19.1 Å². The van der Waals surface area contributed by atoms with Crippen LogP contribution in [0.15, 0.2) is 47.6 Å². The molecule has 130 valence electrons. The second kappa shape index (κ2) is 7.55. The third-order valence-corrected chi connectivity index (χ3v) is 6.13. The minimum atomic E-state index is -0.748. The molecular weight excluding hydrogens is 296 g/mol. The Morgan fingerprint density at radius 1 is 1.21 bits per heavy atom. The van der Waals surface area contributed by atoms with Crippen LogP contribution in [0.25, 0.3) is 0 Å². The molecule has 0 aromatic heterocycles. The predicted octanol–water partition coefficient (Wildman–Crippen LogP) is 5.83. The van der Waals surface area contributed by atoms with Crippen molar-refractivity contribution in [3.05, 3.63) is 47.6 Å². The molecule has 0 spiro atoms. The van der Waals surface area contributed by atoms with Crippen molar-refractivity contribution >= 4 is 5.97 Å². The van der Waals surface area contributed by atoms with E-state index in [-0.39, 0.29) is 0 Å². The van der Waals surface area contributed by atoms with Gasteiger partial charge >= 0.3 is 5.97 Å². The number of hydrogen-bond acceptors (Lipinski definition) is 1. The molecule has 3 rings (SSSR count). The molecule has 0 radical (unpaired) electrons. The van der Waals surface area contributed by atoms with Crippen molar-refractivity contribution in [1.29, 1.82) is 0 Å². The summed E-state index contributed by atoms with van der Waals surface area (Å²) >= 11 is 0. The van der Waals surface area contributed by atoms with Crippen LogP contribution < -0.4 is 0 Å². The summed E-state index contributed by atoms with van der Waals surface area (Å²) in [7, 11) is 0. The Bertz CT molecular complexity index is 569. The lowest BCUT2D eigenvalue weighted by Crippen LogP contribution is -2.33. The van der Waals surface area contributed by atoms with Crippen molar-refractivity contribution in [3.63, 3.8) is 0 Å². The molecule has 0 aliphatic heterocycles. The van der Waals surface area contributed by atoms with Gasteiger partial charge in [0.25, 0.3) is 0 Å². The Balaban J connectivity index is 1.60. The second-order valence-electron chi connectivity index (χ2n) is 7.62. The van der Waals surface area contributed by atoms with Crippen LogP contribution in [0.4, 0.5) is 0 Å². The fourth-order valence-electron chi connectivity index (χ4n) is 4.70. The molecule has 0 aromatic carbocycles. The van der Waals surface area contributed by atoms with E-state index in [1.165, 1.54) is 51.4 Å². The van der Waals surface area contributed by atoms with Gasteiger partial charge in [-0.1, -0.05) is 69.1 Å². The second-order valence-corrected chi connectivity index (χ2v) is 7.62. The van der Waals surface area contributed by atoms with Crippen LogP contribution in [0.5, 0.6) is 0 Å². The van der Waals surface area contributed by atoms with Gasteiger partial charge in [0.1, 0.15) is 5.41 Å². The van der Waals surface area contributed by atoms with Crippen LogP contribution in [0.1, 0.15) is 64.7 Å². The van der Waals surface area contributed by atoms with E-state index in [9.17, 15) is 9.90 Å². The largest absolute Gasteiger partial charge is 0.480 e. The fraction of sp³-hybridized carbons (Fsp3) is 0.591. The molecule has 2 heteroatoms. The van der Waals surface area contributed by atoms with Gasteiger partial charge in [0.05, 0.1) is 0 Å². The first-order valence-electron chi connectivity index (χ1n) is 9.69. The van der Waals surface area contributed by atoms with Crippen LogP contribution in [0.2, 0.25) is 0 Å². The highest BCUT2D eigenvalue weighted by molar-refractivity contribution is 5.89. The summed E-state index contributed by atoms with van der Waals surface area (Å²) < 4.78 is 0. The maximum Gasteiger partial charge on any atom is 0.318 e. The predicted molar refractivity (Wildman–Crippen MR) is 98.7 cm³/mol. The molecule has 2 bridgehead atoms. The van der Waals surface area contributed by atoms with Crippen molar-refractivity contribution in [2.24, 2.45) is 17.3 Å². The van der Waals surface area contributed by atoms with E-state index in [0.717, 1.165) is 17.6 Å². The Morgan fingerprint density at radius 3 is 2.58 bits per heavy atom. The summed E-state index contributed by atoms with van der Waals surface area (Å²) in [5, 5.41) is 9.95. The normalized spacial score (nSPS) is 27.0. The molecular formula is C22H30O2. The van der Waals surface area contributed by atoms with Gasteiger partial charge in [0, 0.05) is 0 Å². The van der Waals surface area contributed by atoms with E-state index in [4.69, 9.17) is 0 Å². The molecule has 1 saturated carbocycles. The summed E-state index contributed by atoms with van der Waals surface area (Å²) in [4.78, 5) is 12.1. The van der Waals surface area contributed by atoms with Gasteiger partial charge < -0.3 is 5.11 Å². The lowest BCUT2D eigenvalue weighted by Gasteiger charge is -2.30. The first-order chi connectivity index (χ1) is 11.7. The summed E-state index contributed by atoms with van der Waals surface area (Å²) in [6.45, 7) is 2.24. The zero-order chi connectivity index (χ0) is 17.0. The molecule has 0 aromatic rings. The van der Waals surface area contributed by atoms with Gasteiger partial charge in [0.2, 0.25) is 0 Å². The highest BCUT2D eigenvalue weighted by Crippen LogP contribution is 2.54. The third kappa shape index (κ3) is 3.16. The number of carboxylic acids is 1. The van der Waals surface area contributed by atoms with Crippen LogP contribution in [0.3, 0.4) is 0 Å². The monoisotopic (exact) mass is 326 g/mol. The number of allylic oxidation sites excluding steroid dienone is 6. The average Bonchev–Trinajstić information content (AvgIpc) is 3.26. The topological polar surface area (TPSA) is 37.3 Å². The van der Waals surface area contributed by atoms with Crippen molar-refractivity contribution in [2.75, 3.05) is 0 Å². The number of carbonyl (C=O) groups is 1. The standard InChI is InChI=1S/C22H30O2/c1-2-3-4-5-6-7-9-17-10-8-11-18(17)16-22(21(23)24)19-12-13-20(22)15-14-19/h7,9,12-15,17-18H,2-6,8,10-11,16H2,1H3,(H,23,24)/t17-,18+/m0/s1. The first-order valence-corrected chi connectivity index (χ1v) is 9.69. The van der Waals surface area contributed by atoms with E-state index < -0.39 is 11.4 Å². The average molecular weight is 326 g/mol. The van der Waals surface area contributed by atoms with Gasteiger partial charge in [-0.05, 0) is 55.1 Å². The molecule has 2 nitrogen and oxygen atoms in total. The summed E-state index contributed by atoms with van der Waals surface area (Å²) in [6.07, 6.45) is 23.5. The third-order valence-electron chi connectivity index (χ3n) is 6.13. The highest BCUT2D eigenvalue weighted by Gasteiger charge is 2.50. The molecule has 3 aliphatic rings. The maximum atomic E-state index is 12.1. The summed E-state index contributed by atoms with van der Waals surface area (Å²) in [6, 6.07) is 0. The zero-order valence-corrected chi connectivity index (χ0v) is 14.8. The fourth-order valence-corrected chi connectivity index (χ4v) is 4.70. The minimum absolute atomic E-state index is 0.498. The van der Waals surface area contributed by atoms with Crippen LogP contribution in [-0.2, 0) is 4.79 Å². The Morgan fingerprint density at radius 2 is 1.96 bits per heavy atom. The molecule has 1 fully saturated rings. The van der Waals surface area contributed by atoms with Crippen LogP contribution >= 0.6 is 0 Å². The van der Waals surface area contributed by atoms with Crippen molar-refractivity contribution < 1.29 is 9.90 Å². The summed E-state index contributed by atoms with van der Waals surface area (Å²) in [5.41, 5.74) is 1.22. The maximum absolute atomic E-state index is 12.1. The Kier molecular flexibility index (Phi) is 5.43. The molecule has 24 heavy (non-hydrogen) atoms. The molecule has 0 unspecified atom stereocenters. The SMILES string of the molecule is CCCCCCC=C[C@H]1CCC[C@@H]1CC1(C(=O)O)C2=CC=C1C=C2. The van der Waals surface area contributed by atoms with Gasteiger partial charge in [-0.3, -0.25) is 4.79 Å². The quantitative estimate of drug-likeness (QED) is 0.428. The van der Waals surface area contributed by atoms with Crippen LogP contribution in [0, 0.1) is 17.3 Å². The lowest BCUT2D eigenvalue weighted by atomic mass is 9.71. The first kappa shape index (κ1) is 17.3. The van der Waals surface area contributed by atoms with E-state index >= 15 is 0 Å². The Hall–Kier alpha value is -1.57. The van der Waals surface area contributed by atoms with Gasteiger partial charge in [-0.15, -0.1) is 0 Å². The molecule has 0 heterocycles. The highest BCUT2D eigenvalue weighted by atomic mass is 16.4. The number of unbranched alkanes of at least 4 members (excludes halogenated alkanes) is 4. The molecule has 2 atom stereocenters. The number of carboxylic acid groups (broad SMARTS) is 1. The van der Waals surface area contributed by atoms with Gasteiger partial charge in [-0.25, -0.2) is 0 Å². The molecule has 1 N–H and O–H groups in total. The summed E-state index contributed by atoms with van der Waals surface area (Å²) in [5.74, 6) is 0.392. The van der Waals surface area contributed by atoms with Crippen molar-refractivity contribution in [1.82, 2.24) is 0 Å². The van der Waals surface area contributed by atoms with Crippen molar-refractivity contribution in [2.45, 2.75) is 64.7 Å². The van der Waals surface area contributed by atoms with E-state index in [1.54, 1.807) is 0 Å². The molecule has 3 aliphatic carbocycles.